The fourth-order valence-electron chi connectivity index (χ4n) is 2.84. The third-order valence-electron chi connectivity index (χ3n) is 4.63. The molecule has 1 heterocycles. The average Bonchev–Trinajstić information content (AvgIpc) is 3.09. The maximum absolute atomic E-state index is 12.2. The molecule has 0 saturated carbocycles. The molecule has 0 aliphatic carbocycles. The normalized spacial score (nSPS) is 17.8. The number of unbranched alkanes of at least 4 members (excludes halogenated alkanes) is 1. The topological polar surface area (TPSA) is 63.1 Å². The number of thioether (sulfide) groups is 1. The summed E-state index contributed by atoms with van der Waals surface area (Å²) in [6.45, 7) is 5.01. The van der Waals surface area contributed by atoms with E-state index in [1.165, 1.54) is 17.3 Å². The standard InChI is InChI=1S/C23H27N3O2S/c1-3-5-14-28-20-12-10-19(11-13-20)16-24-26-23-25-22(27)21(29-23)15-18-8-6-17(4-2)7-9-18/h6-13,16,21H,3-5,14-15H2,1-2H3,(H,25,26,27)/b24-16-/t21-/m1/s1. The van der Waals surface area contributed by atoms with Gasteiger partial charge in [-0.05, 0) is 60.2 Å². The molecule has 0 radical (unpaired) electrons. The van der Waals surface area contributed by atoms with Gasteiger partial charge in [0, 0.05) is 0 Å². The van der Waals surface area contributed by atoms with Gasteiger partial charge in [-0.2, -0.15) is 5.10 Å². The summed E-state index contributed by atoms with van der Waals surface area (Å²) < 4.78 is 5.65. The van der Waals surface area contributed by atoms with Gasteiger partial charge >= 0.3 is 0 Å². The van der Waals surface area contributed by atoms with Gasteiger partial charge in [0.05, 0.1) is 18.1 Å². The number of aryl methyl sites for hydroxylation is 1. The lowest BCUT2D eigenvalue weighted by Crippen LogP contribution is -2.25. The van der Waals surface area contributed by atoms with Gasteiger partial charge in [-0.25, -0.2) is 0 Å². The molecular weight excluding hydrogens is 382 g/mol. The predicted molar refractivity (Wildman–Crippen MR) is 121 cm³/mol. The number of amidine groups is 1. The summed E-state index contributed by atoms with van der Waals surface area (Å²) in [5.74, 6) is 0.840. The van der Waals surface area contributed by atoms with E-state index in [1.54, 1.807) is 6.21 Å². The summed E-state index contributed by atoms with van der Waals surface area (Å²) in [6, 6.07) is 16.2. The zero-order valence-electron chi connectivity index (χ0n) is 16.9. The molecule has 1 saturated heterocycles. The summed E-state index contributed by atoms with van der Waals surface area (Å²) in [4.78, 5) is 12.2. The monoisotopic (exact) mass is 409 g/mol. The number of carbonyl (C=O) groups is 1. The first-order chi connectivity index (χ1) is 14.2. The van der Waals surface area contributed by atoms with Crippen LogP contribution in [0.5, 0.6) is 5.75 Å². The molecule has 1 amide bonds. The van der Waals surface area contributed by atoms with Gasteiger partial charge in [0.1, 0.15) is 5.75 Å². The second-order valence-corrected chi connectivity index (χ2v) is 8.08. The van der Waals surface area contributed by atoms with E-state index in [2.05, 4.69) is 53.6 Å². The molecule has 0 aromatic heterocycles. The second-order valence-electron chi connectivity index (χ2n) is 6.89. The molecule has 2 aromatic rings. The first-order valence-corrected chi connectivity index (χ1v) is 10.9. The maximum atomic E-state index is 12.2. The molecule has 0 bridgehead atoms. The van der Waals surface area contributed by atoms with Gasteiger partial charge in [0.15, 0.2) is 5.17 Å². The minimum absolute atomic E-state index is 0.0166. The van der Waals surface area contributed by atoms with Gasteiger partial charge in [-0.3, -0.25) is 4.79 Å². The van der Waals surface area contributed by atoms with Gasteiger partial charge in [0.25, 0.3) is 0 Å². The summed E-state index contributed by atoms with van der Waals surface area (Å²) in [5.41, 5.74) is 3.38. The maximum Gasteiger partial charge on any atom is 0.239 e. The lowest BCUT2D eigenvalue weighted by Gasteiger charge is -2.06. The average molecular weight is 410 g/mol. The van der Waals surface area contributed by atoms with Crippen molar-refractivity contribution < 1.29 is 9.53 Å². The molecule has 0 unspecified atom stereocenters. The molecule has 29 heavy (non-hydrogen) atoms. The number of carbonyl (C=O) groups excluding carboxylic acids is 1. The Balaban J connectivity index is 1.52. The summed E-state index contributed by atoms with van der Waals surface area (Å²) in [7, 11) is 0. The number of amides is 1. The highest BCUT2D eigenvalue weighted by atomic mass is 32.2. The van der Waals surface area contributed by atoms with Crippen LogP contribution < -0.4 is 10.1 Å². The van der Waals surface area contributed by atoms with E-state index >= 15 is 0 Å². The number of rotatable bonds is 9. The smallest absolute Gasteiger partial charge is 0.239 e. The molecule has 2 aromatic carbocycles. The van der Waals surface area contributed by atoms with Crippen LogP contribution in [-0.4, -0.2) is 29.1 Å². The lowest BCUT2D eigenvalue weighted by atomic mass is 10.1. The van der Waals surface area contributed by atoms with Gasteiger partial charge in [-0.15, -0.1) is 5.10 Å². The number of ether oxygens (including phenoxy) is 1. The fourth-order valence-corrected chi connectivity index (χ4v) is 3.81. The molecule has 5 nitrogen and oxygen atoms in total. The van der Waals surface area contributed by atoms with Crippen molar-refractivity contribution in [1.82, 2.24) is 5.32 Å². The lowest BCUT2D eigenvalue weighted by molar-refractivity contribution is -0.118. The van der Waals surface area contributed by atoms with Crippen molar-refractivity contribution in [2.24, 2.45) is 10.2 Å². The Hall–Kier alpha value is -2.60. The molecule has 1 N–H and O–H groups in total. The minimum Gasteiger partial charge on any atom is -0.494 e. The molecular formula is C23H27N3O2S. The highest BCUT2D eigenvalue weighted by Crippen LogP contribution is 2.23. The van der Waals surface area contributed by atoms with E-state index < -0.39 is 0 Å². The van der Waals surface area contributed by atoms with Crippen LogP contribution in [0.15, 0.2) is 58.7 Å². The van der Waals surface area contributed by atoms with Crippen LogP contribution >= 0.6 is 11.8 Å². The summed E-state index contributed by atoms with van der Waals surface area (Å²) >= 11 is 1.43. The third kappa shape index (κ3) is 6.46. The molecule has 6 heteroatoms. The fraction of sp³-hybridized carbons (Fsp3) is 0.348. The molecule has 1 fully saturated rings. The van der Waals surface area contributed by atoms with Crippen molar-refractivity contribution in [2.75, 3.05) is 6.61 Å². The molecule has 1 aliphatic heterocycles. The molecule has 0 spiro atoms. The second kappa shape index (κ2) is 10.8. The Morgan fingerprint density at radius 1 is 1.07 bits per heavy atom. The Labute approximate surface area is 176 Å². The van der Waals surface area contributed by atoms with E-state index in [0.29, 0.717) is 11.6 Å². The molecule has 152 valence electrons. The van der Waals surface area contributed by atoms with Crippen molar-refractivity contribution in [3.63, 3.8) is 0 Å². The van der Waals surface area contributed by atoms with Gasteiger partial charge in [-0.1, -0.05) is 56.3 Å². The van der Waals surface area contributed by atoms with E-state index in [0.717, 1.165) is 42.7 Å². The Morgan fingerprint density at radius 2 is 1.79 bits per heavy atom. The number of hydrogen-bond acceptors (Lipinski definition) is 5. The molecule has 3 rings (SSSR count). The van der Waals surface area contributed by atoms with Crippen LogP contribution in [0.25, 0.3) is 0 Å². The van der Waals surface area contributed by atoms with E-state index in [4.69, 9.17) is 4.74 Å². The number of nitrogens with one attached hydrogen (secondary N) is 1. The third-order valence-corrected chi connectivity index (χ3v) is 5.70. The van der Waals surface area contributed by atoms with Crippen LogP contribution in [0.2, 0.25) is 0 Å². The van der Waals surface area contributed by atoms with E-state index in [9.17, 15) is 4.79 Å². The first-order valence-electron chi connectivity index (χ1n) is 10.1. The Morgan fingerprint density at radius 3 is 2.48 bits per heavy atom. The first kappa shape index (κ1) is 21.1. The van der Waals surface area contributed by atoms with Crippen molar-refractivity contribution in [3.8, 4) is 5.75 Å². The van der Waals surface area contributed by atoms with Crippen LogP contribution in [0.1, 0.15) is 43.4 Å². The minimum atomic E-state index is -0.170. The van der Waals surface area contributed by atoms with E-state index in [1.807, 2.05) is 24.3 Å². The van der Waals surface area contributed by atoms with E-state index in [-0.39, 0.29) is 11.2 Å². The summed E-state index contributed by atoms with van der Waals surface area (Å²) in [6.07, 6.45) is 5.54. The van der Waals surface area contributed by atoms with Gasteiger partial charge < -0.3 is 10.1 Å². The molecule has 1 aliphatic rings. The summed E-state index contributed by atoms with van der Waals surface area (Å²) in [5, 5.41) is 11.5. The van der Waals surface area contributed by atoms with Gasteiger partial charge in [0.2, 0.25) is 5.91 Å². The highest BCUT2D eigenvalue weighted by molar-refractivity contribution is 8.15. The van der Waals surface area contributed by atoms with Crippen molar-refractivity contribution in [2.45, 2.75) is 44.8 Å². The Kier molecular flexibility index (Phi) is 7.87. The zero-order chi connectivity index (χ0) is 20.5. The van der Waals surface area contributed by atoms with Crippen LogP contribution in [-0.2, 0) is 17.6 Å². The molecule has 1 atom stereocenters. The van der Waals surface area contributed by atoms with Crippen LogP contribution in [0.4, 0.5) is 0 Å². The van der Waals surface area contributed by atoms with Crippen LogP contribution in [0.3, 0.4) is 0 Å². The van der Waals surface area contributed by atoms with Crippen molar-refractivity contribution >= 4 is 29.1 Å². The SMILES string of the molecule is CCCCOc1ccc(/C=N\N=C2\NC(=O)[C@@H](Cc3ccc(CC)cc3)S2)cc1. The number of benzene rings is 2. The van der Waals surface area contributed by atoms with Crippen molar-refractivity contribution in [3.05, 3.63) is 65.2 Å². The number of hydrogen-bond donors (Lipinski definition) is 1. The number of nitrogens with zero attached hydrogens (tertiary/aromatic N) is 2. The van der Waals surface area contributed by atoms with Crippen LogP contribution in [0, 0.1) is 0 Å². The highest BCUT2D eigenvalue weighted by Gasteiger charge is 2.30. The van der Waals surface area contributed by atoms with Crippen molar-refractivity contribution in [1.29, 1.82) is 0 Å². The Bertz CT molecular complexity index is 861. The predicted octanol–water partition coefficient (Wildman–Crippen LogP) is 4.59. The largest absolute Gasteiger partial charge is 0.494 e. The zero-order valence-corrected chi connectivity index (χ0v) is 17.7. The quantitative estimate of drug-likeness (QED) is 0.374.